The minimum atomic E-state index is -1.76. The summed E-state index contributed by atoms with van der Waals surface area (Å²) in [5.74, 6) is 3.61. The lowest BCUT2D eigenvalue weighted by molar-refractivity contribution is 0.672. The Morgan fingerprint density at radius 3 is 1.97 bits per heavy atom. The molecule has 5 aromatic rings. The molecule has 1 aromatic heterocycles. The van der Waals surface area contributed by atoms with E-state index in [1.165, 1.54) is 21.5 Å². The van der Waals surface area contributed by atoms with Crippen LogP contribution in [-0.2, 0) is 0 Å². The first-order chi connectivity index (χ1) is 15.8. The van der Waals surface area contributed by atoms with Crippen LogP contribution in [0.5, 0.6) is 0 Å². The van der Waals surface area contributed by atoms with E-state index >= 15 is 0 Å². The fourth-order valence-electron chi connectivity index (χ4n) is 5.94. The van der Waals surface area contributed by atoms with Gasteiger partial charge in [-0.15, -0.1) is 5.54 Å². The molecular formula is C31H32OSi. The average molecular weight is 449 g/mol. The van der Waals surface area contributed by atoms with Crippen molar-refractivity contribution in [2.24, 2.45) is 0 Å². The highest BCUT2D eigenvalue weighted by Crippen LogP contribution is 2.41. The van der Waals surface area contributed by atoms with Crippen molar-refractivity contribution in [1.82, 2.24) is 0 Å². The SMILES string of the molecule is CC(C)[Si](C#Cc1ccc2oc3c4cc5ccccc5cc4ccc3c2c1)(C(C)C)C(C)C. The Morgan fingerprint density at radius 1 is 0.636 bits per heavy atom. The highest BCUT2D eigenvalue weighted by molar-refractivity contribution is 6.90. The fourth-order valence-corrected chi connectivity index (χ4v) is 11.2. The third-order valence-electron chi connectivity index (χ3n) is 7.61. The van der Waals surface area contributed by atoms with E-state index in [2.05, 4.69) is 120 Å². The molecule has 0 spiro atoms. The molecule has 4 aromatic carbocycles. The van der Waals surface area contributed by atoms with Crippen molar-refractivity contribution < 1.29 is 4.42 Å². The Morgan fingerprint density at radius 2 is 1.30 bits per heavy atom. The van der Waals surface area contributed by atoms with Gasteiger partial charge in [-0.25, -0.2) is 0 Å². The van der Waals surface area contributed by atoms with Crippen LogP contribution in [0.15, 0.2) is 71.1 Å². The average Bonchev–Trinajstić information content (AvgIpc) is 3.16. The molecule has 0 aliphatic rings. The van der Waals surface area contributed by atoms with Crippen molar-refractivity contribution in [3.05, 3.63) is 72.3 Å². The summed E-state index contributed by atoms with van der Waals surface area (Å²) >= 11 is 0. The highest BCUT2D eigenvalue weighted by atomic mass is 28.3. The van der Waals surface area contributed by atoms with E-state index < -0.39 is 8.07 Å². The number of hydrogen-bond donors (Lipinski definition) is 0. The van der Waals surface area contributed by atoms with Gasteiger partial charge in [-0.3, -0.25) is 0 Å². The zero-order valence-corrected chi connectivity index (χ0v) is 21.5. The summed E-state index contributed by atoms with van der Waals surface area (Å²) in [5.41, 5.74) is 8.73. The Labute approximate surface area is 197 Å². The minimum absolute atomic E-state index is 0.629. The van der Waals surface area contributed by atoms with Gasteiger partial charge in [0.25, 0.3) is 0 Å². The van der Waals surface area contributed by atoms with Crippen molar-refractivity contribution in [2.45, 2.75) is 58.2 Å². The van der Waals surface area contributed by atoms with E-state index in [-0.39, 0.29) is 0 Å². The van der Waals surface area contributed by atoms with Crippen LogP contribution in [0.1, 0.15) is 47.1 Å². The first-order valence-corrected chi connectivity index (χ1v) is 14.4. The summed E-state index contributed by atoms with van der Waals surface area (Å²) in [6.07, 6.45) is 0. The third kappa shape index (κ3) is 3.47. The van der Waals surface area contributed by atoms with Gasteiger partial charge in [-0.05, 0) is 69.2 Å². The Kier molecular flexibility index (Phi) is 5.34. The molecule has 166 valence electrons. The van der Waals surface area contributed by atoms with Crippen LogP contribution < -0.4 is 0 Å². The van der Waals surface area contributed by atoms with Gasteiger partial charge in [-0.2, -0.15) is 0 Å². The van der Waals surface area contributed by atoms with E-state index in [4.69, 9.17) is 4.42 Å². The predicted molar refractivity (Wildman–Crippen MR) is 147 cm³/mol. The van der Waals surface area contributed by atoms with Gasteiger partial charge in [0.1, 0.15) is 19.2 Å². The number of benzene rings is 4. The lowest BCUT2D eigenvalue weighted by Gasteiger charge is -2.38. The van der Waals surface area contributed by atoms with E-state index in [0.717, 1.165) is 27.5 Å². The molecule has 0 N–H and O–H groups in total. The van der Waals surface area contributed by atoms with Crippen LogP contribution in [0, 0.1) is 11.5 Å². The first-order valence-electron chi connectivity index (χ1n) is 12.1. The van der Waals surface area contributed by atoms with Gasteiger partial charge >= 0.3 is 0 Å². The molecule has 0 atom stereocenters. The topological polar surface area (TPSA) is 13.1 Å². The standard InChI is InChI=1S/C31H32OSi/c1-20(2)33(21(3)4,22(5)6)16-15-23-11-14-30-29(17-23)27-13-12-26-18-24-9-7-8-10-25(24)19-28(26)31(27)32-30/h7-14,17-22H,1-6H3. The lowest BCUT2D eigenvalue weighted by Crippen LogP contribution is -2.43. The van der Waals surface area contributed by atoms with Crippen LogP contribution in [0.2, 0.25) is 16.6 Å². The van der Waals surface area contributed by atoms with Crippen molar-refractivity contribution in [3.63, 3.8) is 0 Å². The van der Waals surface area contributed by atoms with Crippen LogP contribution >= 0.6 is 0 Å². The maximum Gasteiger partial charge on any atom is 0.146 e. The lowest BCUT2D eigenvalue weighted by atomic mass is 10.0. The summed E-state index contributed by atoms with van der Waals surface area (Å²) in [7, 11) is -1.76. The molecule has 0 saturated heterocycles. The molecule has 0 fully saturated rings. The van der Waals surface area contributed by atoms with E-state index in [1.807, 2.05) is 0 Å². The molecular weight excluding hydrogens is 416 g/mol. The zero-order valence-electron chi connectivity index (χ0n) is 20.5. The van der Waals surface area contributed by atoms with Crippen molar-refractivity contribution in [2.75, 3.05) is 0 Å². The Balaban J connectivity index is 1.68. The molecule has 0 aliphatic carbocycles. The van der Waals surface area contributed by atoms with Crippen LogP contribution in [0.4, 0.5) is 0 Å². The van der Waals surface area contributed by atoms with Gasteiger partial charge < -0.3 is 4.42 Å². The highest BCUT2D eigenvalue weighted by Gasteiger charge is 2.41. The first kappa shape index (κ1) is 21.8. The largest absolute Gasteiger partial charge is 0.455 e. The number of rotatable bonds is 3. The molecule has 2 heteroatoms. The summed E-state index contributed by atoms with van der Waals surface area (Å²) in [5, 5.41) is 7.19. The van der Waals surface area contributed by atoms with Gasteiger partial charge in [0, 0.05) is 21.7 Å². The summed E-state index contributed by atoms with van der Waals surface area (Å²) in [4.78, 5) is 0. The summed E-state index contributed by atoms with van der Waals surface area (Å²) in [6, 6.07) is 23.9. The number of furan rings is 1. The number of hydrogen-bond acceptors (Lipinski definition) is 1. The normalized spacial score (nSPS) is 12.5. The monoisotopic (exact) mass is 448 g/mol. The second-order valence-electron chi connectivity index (χ2n) is 10.3. The van der Waals surface area contributed by atoms with E-state index in [9.17, 15) is 0 Å². The maximum absolute atomic E-state index is 6.39. The zero-order chi connectivity index (χ0) is 23.3. The minimum Gasteiger partial charge on any atom is -0.455 e. The Bertz CT molecular complexity index is 1530. The van der Waals surface area contributed by atoms with Crippen molar-refractivity contribution in [1.29, 1.82) is 0 Å². The van der Waals surface area contributed by atoms with E-state index in [1.54, 1.807) is 0 Å². The predicted octanol–water partition coefficient (Wildman–Crippen LogP) is 9.46. The molecule has 1 heterocycles. The number of fused-ring (bicyclic) bond motifs is 6. The van der Waals surface area contributed by atoms with Gasteiger partial charge in [0.05, 0.1) is 0 Å². The summed E-state index contributed by atoms with van der Waals surface area (Å²) in [6.45, 7) is 14.2. The van der Waals surface area contributed by atoms with E-state index in [0.29, 0.717) is 16.6 Å². The molecule has 1 nitrogen and oxygen atoms in total. The molecule has 33 heavy (non-hydrogen) atoms. The molecule has 0 saturated carbocycles. The molecule has 0 unspecified atom stereocenters. The second kappa shape index (κ2) is 8.08. The van der Waals surface area contributed by atoms with Crippen LogP contribution in [0.25, 0.3) is 43.5 Å². The molecule has 0 bridgehead atoms. The summed E-state index contributed by atoms with van der Waals surface area (Å²) < 4.78 is 6.39. The molecule has 0 radical (unpaired) electrons. The van der Waals surface area contributed by atoms with Gasteiger partial charge in [-0.1, -0.05) is 77.8 Å². The van der Waals surface area contributed by atoms with Gasteiger partial charge in [0.15, 0.2) is 0 Å². The van der Waals surface area contributed by atoms with Gasteiger partial charge in [0.2, 0.25) is 0 Å². The van der Waals surface area contributed by atoms with Crippen LogP contribution in [0.3, 0.4) is 0 Å². The van der Waals surface area contributed by atoms with Crippen molar-refractivity contribution >= 4 is 51.6 Å². The third-order valence-corrected chi connectivity index (χ3v) is 13.9. The van der Waals surface area contributed by atoms with Crippen molar-refractivity contribution in [3.8, 4) is 11.5 Å². The molecule has 0 amide bonds. The smallest absolute Gasteiger partial charge is 0.146 e. The quantitative estimate of drug-likeness (QED) is 0.152. The second-order valence-corrected chi connectivity index (χ2v) is 15.9. The Hall–Kier alpha value is -3.02. The molecule has 0 aliphatic heterocycles. The van der Waals surface area contributed by atoms with Crippen LogP contribution in [-0.4, -0.2) is 8.07 Å². The molecule has 5 rings (SSSR count). The maximum atomic E-state index is 6.39. The fraction of sp³-hybridized carbons (Fsp3) is 0.290.